The van der Waals surface area contributed by atoms with Crippen LogP contribution in [-0.2, 0) is 6.54 Å². The van der Waals surface area contributed by atoms with Crippen molar-refractivity contribution < 1.29 is 0 Å². The van der Waals surface area contributed by atoms with Crippen LogP contribution in [-0.4, -0.2) is 31.6 Å². The Kier molecular flexibility index (Phi) is 5.66. The molecule has 1 aromatic rings. The Labute approximate surface area is 106 Å². The van der Waals surface area contributed by atoms with Crippen molar-refractivity contribution in [3.8, 4) is 0 Å². The highest BCUT2D eigenvalue weighted by molar-refractivity contribution is 5.37. The Bertz CT molecular complexity index is 335. The van der Waals surface area contributed by atoms with E-state index >= 15 is 0 Å². The van der Waals surface area contributed by atoms with E-state index in [-0.39, 0.29) is 0 Å². The number of aryl methyl sites for hydroxylation is 3. The van der Waals surface area contributed by atoms with Crippen LogP contribution in [0.3, 0.4) is 0 Å². The Balaban J connectivity index is 2.47. The van der Waals surface area contributed by atoms with Crippen molar-refractivity contribution in [2.45, 2.75) is 34.2 Å². The largest absolute Gasteiger partial charge is 0.311 e. The summed E-state index contributed by atoms with van der Waals surface area (Å²) in [4.78, 5) is 2.32. The third kappa shape index (κ3) is 4.49. The third-order valence-corrected chi connectivity index (χ3v) is 3.35. The molecule has 96 valence electrons. The Morgan fingerprint density at radius 3 is 2.24 bits per heavy atom. The molecule has 0 aliphatic rings. The molecule has 0 bridgehead atoms. The van der Waals surface area contributed by atoms with Crippen molar-refractivity contribution in [1.82, 2.24) is 10.2 Å². The van der Waals surface area contributed by atoms with Crippen molar-refractivity contribution in [3.63, 3.8) is 0 Å². The van der Waals surface area contributed by atoms with E-state index in [2.05, 4.69) is 57.1 Å². The zero-order chi connectivity index (χ0) is 12.8. The molecular formula is C15H26N2. The molecule has 0 radical (unpaired) electrons. The summed E-state index contributed by atoms with van der Waals surface area (Å²) in [5.41, 5.74) is 5.61. The van der Waals surface area contributed by atoms with Gasteiger partial charge in [-0.25, -0.2) is 0 Å². The summed E-state index contributed by atoms with van der Waals surface area (Å²) in [5, 5.41) is 3.53. The van der Waals surface area contributed by atoms with Gasteiger partial charge in [0.25, 0.3) is 0 Å². The molecule has 2 heteroatoms. The minimum Gasteiger partial charge on any atom is -0.311 e. The number of nitrogens with one attached hydrogen (secondary N) is 1. The van der Waals surface area contributed by atoms with Gasteiger partial charge in [-0.05, 0) is 51.1 Å². The molecule has 0 aromatic heterocycles. The van der Waals surface area contributed by atoms with E-state index in [1.807, 2.05) is 0 Å². The van der Waals surface area contributed by atoms with E-state index < -0.39 is 0 Å². The van der Waals surface area contributed by atoms with E-state index in [4.69, 9.17) is 0 Å². The number of likely N-dealkylation sites (N-methyl/N-ethyl adjacent to an activating group) is 1. The molecule has 1 aromatic carbocycles. The second-order valence-electron chi connectivity index (χ2n) is 4.95. The SMILES string of the molecule is CCN(C)CCNCc1c(C)cc(C)cc1C. The molecule has 0 amide bonds. The van der Waals surface area contributed by atoms with Crippen LogP contribution in [0.25, 0.3) is 0 Å². The first-order valence-electron chi connectivity index (χ1n) is 6.50. The first-order valence-corrected chi connectivity index (χ1v) is 6.50. The molecule has 1 rings (SSSR count). The zero-order valence-electron chi connectivity index (χ0n) is 11.9. The van der Waals surface area contributed by atoms with E-state index in [1.165, 1.54) is 22.3 Å². The van der Waals surface area contributed by atoms with Gasteiger partial charge in [-0.1, -0.05) is 24.6 Å². The van der Waals surface area contributed by atoms with Crippen molar-refractivity contribution in [1.29, 1.82) is 0 Å². The zero-order valence-corrected chi connectivity index (χ0v) is 11.9. The predicted molar refractivity (Wildman–Crippen MR) is 75.5 cm³/mol. The highest BCUT2D eigenvalue weighted by Crippen LogP contribution is 2.15. The summed E-state index contributed by atoms with van der Waals surface area (Å²) in [5.74, 6) is 0. The van der Waals surface area contributed by atoms with Crippen LogP contribution < -0.4 is 5.32 Å². The maximum Gasteiger partial charge on any atom is 0.0211 e. The molecule has 0 aliphatic carbocycles. The van der Waals surface area contributed by atoms with E-state index in [9.17, 15) is 0 Å². The van der Waals surface area contributed by atoms with E-state index in [1.54, 1.807) is 0 Å². The molecule has 0 atom stereocenters. The molecule has 0 unspecified atom stereocenters. The number of nitrogens with zero attached hydrogens (tertiary/aromatic N) is 1. The first kappa shape index (κ1) is 14.2. The monoisotopic (exact) mass is 234 g/mol. The highest BCUT2D eigenvalue weighted by atomic mass is 15.1. The molecular weight excluding hydrogens is 208 g/mol. The third-order valence-electron chi connectivity index (χ3n) is 3.35. The Morgan fingerprint density at radius 2 is 1.71 bits per heavy atom. The minimum absolute atomic E-state index is 0.982. The Hall–Kier alpha value is -0.860. The van der Waals surface area contributed by atoms with Gasteiger partial charge in [0, 0.05) is 19.6 Å². The summed E-state index contributed by atoms with van der Waals surface area (Å²) < 4.78 is 0. The predicted octanol–water partition coefficient (Wildman–Crippen LogP) is 2.65. The van der Waals surface area contributed by atoms with Crippen LogP contribution in [0.4, 0.5) is 0 Å². The van der Waals surface area contributed by atoms with Crippen LogP contribution in [0.2, 0.25) is 0 Å². The second kappa shape index (κ2) is 6.77. The highest BCUT2D eigenvalue weighted by Gasteiger charge is 2.03. The fourth-order valence-electron chi connectivity index (χ4n) is 2.13. The molecule has 0 saturated carbocycles. The minimum atomic E-state index is 0.982. The average Bonchev–Trinajstić information content (AvgIpc) is 2.26. The van der Waals surface area contributed by atoms with Crippen LogP contribution >= 0.6 is 0 Å². The van der Waals surface area contributed by atoms with Gasteiger partial charge in [0.05, 0.1) is 0 Å². The van der Waals surface area contributed by atoms with Crippen LogP contribution in [0.15, 0.2) is 12.1 Å². The molecule has 0 aliphatic heterocycles. The van der Waals surface area contributed by atoms with Crippen molar-refractivity contribution >= 4 is 0 Å². The Morgan fingerprint density at radius 1 is 1.12 bits per heavy atom. The summed E-state index contributed by atoms with van der Waals surface area (Å²) in [6.07, 6.45) is 0. The molecule has 17 heavy (non-hydrogen) atoms. The van der Waals surface area contributed by atoms with Gasteiger partial charge in [-0.2, -0.15) is 0 Å². The number of rotatable bonds is 6. The van der Waals surface area contributed by atoms with Crippen molar-refractivity contribution in [2.24, 2.45) is 0 Å². The number of hydrogen-bond acceptors (Lipinski definition) is 2. The molecule has 1 N–H and O–H groups in total. The summed E-state index contributed by atoms with van der Waals surface area (Å²) in [7, 11) is 2.16. The maximum absolute atomic E-state index is 3.53. The fraction of sp³-hybridized carbons (Fsp3) is 0.600. The van der Waals surface area contributed by atoms with Gasteiger partial charge >= 0.3 is 0 Å². The lowest BCUT2D eigenvalue weighted by Gasteiger charge is -2.16. The standard InChI is InChI=1S/C15H26N2/c1-6-17(5)8-7-16-11-15-13(3)9-12(2)10-14(15)4/h9-10,16H,6-8,11H2,1-5H3. The maximum atomic E-state index is 3.53. The van der Waals surface area contributed by atoms with Gasteiger partial charge < -0.3 is 10.2 Å². The van der Waals surface area contributed by atoms with Gasteiger partial charge in [-0.3, -0.25) is 0 Å². The lowest BCUT2D eigenvalue weighted by molar-refractivity contribution is 0.349. The van der Waals surface area contributed by atoms with Crippen LogP contribution in [0, 0.1) is 20.8 Å². The van der Waals surface area contributed by atoms with Gasteiger partial charge in [0.15, 0.2) is 0 Å². The van der Waals surface area contributed by atoms with Gasteiger partial charge in [-0.15, -0.1) is 0 Å². The first-order chi connectivity index (χ1) is 8.04. The lowest BCUT2D eigenvalue weighted by Crippen LogP contribution is -2.29. The molecule has 0 saturated heterocycles. The topological polar surface area (TPSA) is 15.3 Å². The molecule has 0 fully saturated rings. The van der Waals surface area contributed by atoms with Gasteiger partial charge in [0.1, 0.15) is 0 Å². The van der Waals surface area contributed by atoms with Crippen molar-refractivity contribution in [2.75, 3.05) is 26.7 Å². The number of benzene rings is 1. The normalized spacial score (nSPS) is 11.2. The summed E-state index contributed by atoms with van der Waals surface area (Å²) in [6.45, 7) is 13.0. The summed E-state index contributed by atoms with van der Waals surface area (Å²) in [6, 6.07) is 4.53. The van der Waals surface area contributed by atoms with E-state index in [0.717, 1.165) is 26.2 Å². The quantitative estimate of drug-likeness (QED) is 0.761. The van der Waals surface area contributed by atoms with Crippen LogP contribution in [0.5, 0.6) is 0 Å². The fourth-order valence-corrected chi connectivity index (χ4v) is 2.13. The van der Waals surface area contributed by atoms with Crippen molar-refractivity contribution in [3.05, 3.63) is 34.4 Å². The smallest absolute Gasteiger partial charge is 0.0211 e. The van der Waals surface area contributed by atoms with Gasteiger partial charge in [0.2, 0.25) is 0 Å². The average molecular weight is 234 g/mol. The molecule has 0 spiro atoms. The van der Waals surface area contributed by atoms with E-state index in [0.29, 0.717) is 0 Å². The molecule has 0 heterocycles. The molecule has 2 nitrogen and oxygen atoms in total. The lowest BCUT2D eigenvalue weighted by atomic mass is 10.00. The van der Waals surface area contributed by atoms with Crippen LogP contribution in [0.1, 0.15) is 29.2 Å². The summed E-state index contributed by atoms with van der Waals surface area (Å²) >= 11 is 0. The second-order valence-corrected chi connectivity index (χ2v) is 4.95. The number of hydrogen-bond donors (Lipinski definition) is 1.